The number of carbonyl (C=O) groups excluding carboxylic acids is 1. The van der Waals surface area contributed by atoms with E-state index in [0.29, 0.717) is 11.3 Å². The minimum absolute atomic E-state index is 0.0207. The molecule has 0 spiro atoms. The van der Waals surface area contributed by atoms with Gasteiger partial charge in [-0.1, -0.05) is 32.9 Å². The van der Waals surface area contributed by atoms with E-state index in [1.807, 2.05) is 12.1 Å². The van der Waals surface area contributed by atoms with E-state index in [2.05, 4.69) is 31.3 Å². The molecule has 1 aliphatic rings. The molecule has 1 N–H and O–H groups in total. The molecule has 2 heterocycles. The first kappa shape index (κ1) is 17.6. The summed E-state index contributed by atoms with van der Waals surface area (Å²) in [5.41, 5.74) is 5.89. The normalized spacial score (nSPS) is 15.2. The Kier molecular flexibility index (Phi) is 4.20. The molecule has 0 atom stereocenters. The fourth-order valence-electron chi connectivity index (χ4n) is 2.73. The molecular formula is C17H22N4O3S. The van der Waals surface area contributed by atoms with Crippen LogP contribution in [0.15, 0.2) is 30.5 Å². The van der Waals surface area contributed by atoms with Gasteiger partial charge in [-0.25, -0.2) is 13.8 Å². The average Bonchev–Trinajstić information content (AvgIpc) is 3.08. The van der Waals surface area contributed by atoms with Gasteiger partial charge in [-0.2, -0.15) is 14.2 Å². The number of sulfonamides is 1. The van der Waals surface area contributed by atoms with Crippen molar-refractivity contribution in [2.24, 2.45) is 0 Å². The number of aromatic nitrogens is 2. The molecule has 0 fully saturated rings. The van der Waals surface area contributed by atoms with E-state index in [0.717, 1.165) is 11.1 Å². The number of nitrogens with one attached hydrogen (secondary N) is 1. The molecule has 0 unspecified atom stereocenters. The van der Waals surface area contributed by atoms with Crippen LogP contribution in [0.2, 0.25) is 0 Å². The molecular weight excluding hydrogens is 340 g/mol. The number of carbonyl (C=O) groups is 1. The van der Waals surface area contributed by atoms with Gasteiger partial charge in [0.15, 0.2) is 0 Å². The van der Waals surface area contributed by atoms with Crippen LogP contribution < -0.4 is 5.43 Å². The molecule has 0 saturated heterocycles. The van der Waals surface area contributed by atoms with E-state index in [4.69, 9.17) is 0 Å². The molecule has 1 aromatic carbocycles. The smallest absolute Gasteiger partial charge is 0.267 e. The maximum atomic E-state index is 12.4. The van der Waals surface area contributed by atoms with Crippen LogP contribution >= 0.6 is 0 Å². The van der Waals surface area contributed by atoms with Crippen molar-refractivity contribution in [1.29, 1.82) is 0 Å². The molecule has 1 aromatic heterocycles. The Morgan fingerprint density at radius 2 is 1.80 bits per heavy atom. The van der Waals surface area contributed by atoms with Crippen molar-refractivity contribution < 1.29 is 13.2 Å². The number of fused-ring (bicyclic) bond motifs is 1. The van der Waals surface area contributed by atoms with Crippen molar-refractivity contribution in [1.82, 2.24) is 14.2 Å². The summed E-state index contributed by atoms with van der Waals surface area (Å²) in [4.78, 5) is 13.8. The van der Waals surface area contributed by atoms with Gasteiger partial charge in [0.2, 0.25) is 10.0 Å². The SMILES string of the molecule is CC(C)(C)c1ccc(C(=O)Nn2ncc3c2CN(S(C)(=O)=O)C3)cc1. The van der Waals surface area contributed by atoms with Crippen molar-refractivity contribution in [3.63, 3.8) is 0 Å². The van der Waals surface area contributed by atoms with Crippen LogP contribution in [-0.2, 0) is 28.5 Å². The highest BCUT2D eigenvalue weighted by Gasteiger charge is 2.30. The van der Waals surface area contributed by atoms with Crippen molar-refractivity contribution in [2.45, 2.75) is 39.3 Å². The zero-order valence-electron chi connectivity index (χ0n) is 14.8. The lowest BCUT2D eigenvalue weighted by atomic mass is 9.87. The molecule has 0 radical (unpaired) electrons. The third kappa shape index (κ3) is 3.59. The molecule has 7 nitrogen and oxygen atoms in total. The van der Waals surface area contributed by atoms with Gasteiger partial charge in [-0.15, -0.1) is 0 Å². The van der Waals surface area contributed by atoms with E-state index < -0.39 is 10.0 Å². The summed E-state index contributed by atoms with van der Waals surface area (Å²) in [6, 6.07) is 7.44. The van der Waals surface area contributed by atoms with E-state index in [-0.39, 0.29) is 24.4 Å². The van der Waals surface area contributed by atoms with Crippen molar-refractivity contribution in [3.05, 3.63) is 52.8 Å². The number of rotatable bonds is 3. The molecule has 0 aliphatic carbocycles. The average molecular weight is 362 g/mol. The van der Waals surface area contributed by atoms with Crippen molar-refractivity contribution >= 4 is 15.9 Å². The predicted octanol–water partition coefficient (Wildman–Crippen LogP) is 1.84. The summed E-state index contributed by atoms with van der Waals surface area (Å²) in [7, 11) is -3.28. The maximum Gasteiger partial charge on any atom is 0.271 e. The van der Waals surface area contributed by atoms with Crippen LogP contribution in [0.3, 0.4) is 0 Å². The van der Waals surface area contributed by atoms with Crippen LogP contribution in [-0.4, -0.2) is 34.8 Å². The van der Waals surface area contributed by atoms with Gasteiger partial charge in [0, 0.05) is 17.7 Å². The van der Waals surface area contributed by atoms with Gasteiger partial charge >= 0.3 is 0 Å². The molecule has 25 heavy (non-hydrogen) atoms. The largest absolute Gasteiger partial charge is 0.271 e. The standard InChI is InChI=1S/C17H22N4O3S/c1-17(2,3)14-7-5-12(6-8-14)16(22)19-21-15-11-20(25(4,23)24)10-13(15)9-18-21/h5-9H,10-11H2,1-4H3,(H,19,22). The number of hydrogen-bond acceptors (Lipinski definition) is 4. The molecule has 3 rings (SSSR count). The first-order valence-corrected chi connectivity index (χ1v) is 9.83. The molecule has 134 valence electrons. The maximum absolute atomic E-state index is 12.4. The summed E-state index contributed by atoms with van der Waals surface area (Å²) in [6.45, 7) is 6.83. The summed E-state index contributed by atoms with van der Waals surface area (Å²) < 4.78 is 24.7. The van der Waals surface area contributed by atoms with Crippen molar-refractivity contribution in [2.75, 3.05) is 11.7 Å². The molecule has 1 aliphatic heterocycles. The second kappa shape index (κ2) is 5.96. The highest BCUT2D eigenvalue weighted by molar-refractivity contribution is 7.88. The van der Waals surface area contributed by atoms with E-state index in [9.17, 15) is 13.2 Å². The van der Waals surface area contributed by atoms with E-state index >= 15 is 0 Å². The summed E-state index contributed by atoms with van der Waals surface area (Å²) in [5.74, 6) is -0.288. The van der Waals surface area contributed by atoms with Crippen LogP contribution in [0.4, 0.5) is 0 Å². The predicted molar refractivity (Wildman–Crippen MR) is 95.2 cm³/mol. The number of amides is 1. The molecule has 1 amide bonds. The Labute approximate surface area is 147 Å². The Morgan fingerprint density at radius 1 is 1.16 bits per heavy atom. The van der Waals surface area contributed by atoms with Crippen LogP contribution in [0, 0.1) is 0 Å². The molecule has 0 saturated carbocycles. The fourth-order valence-corrected chi connectivity index (χ4v) is 3.46. The Bertz CT molecular complexity index is 908. The van der Waals surface area contributed by atoms with Gasteiger partial charge in [-0.3, -0.25) is 4.79 Å². The van der Waals surface area contributed by atoms with Gasteiger partial charge in [-0.05, 0) is 23.1 Å². The molecule has 0 bridgehead atoms. The van der Waals surface area contributed by atoms with Crippen molar-refractivity contribution in [3.8, 4) is 0 Å². The minimum atomic E-state index is -3.28. The quantitative estimate of drug-likeness (QED) is 0.903. The van der Waals surface area contributed by atoms with Crippen LogP contribution in [0.5, 0.6) is 0 Å². The van der Waals surface area contributed by atoms with Gasteiger partial charge in [0.05, 0.1) is 24.7 Å². The second-order valence-electron chi connectivity index (χ2n) is 7.33. The van der Waals surface area contributed by atoms with E-state index in [1.54, 1.807) is 18.3 Å². The Hall–Kier alpha value is -2.19. The zero-order chi connectivity index (χ0) is 18.4. The third-order valence-electron chi connectivity index (χ3n) is 4.32. The first-order valence-electron chi connectivity index (χ1n) is 7.98. The van der Waals surface area contributed by atoms with Gasteiger partial charge < -0.3 is 0 Å². The molecule has 2 aromatic rings. The van der Waals surface area contributed by atoms with Crippen LogP contribution in [0.1, 0.15) is 48.0 Å². The highest BCUT2D eigenvalue weighted by Crippen LogP contribution is 2.24. The molecule has 8 heteroatoms. The number of nitrogens with zero attached hydrogens (tertiary/aromatic N) is 3. The van der Waals surface area contributed by atoms with Gasteiger partial charge in [0.25, 0.3) is 5.91 Å². The summed E-state index contributed by atoms with van der Waals surface area (Å²) >= 11 is 0. The van der Waals surface area contributed by atoms with Gasteiger partial charge in [0.1, 0.15) is 0 Å². The van der Waals surface area contributed by atoms with Crippen LogP contribution in [0.25, 0.3) is 0 Å². The first-order chi connectivity index (χ1) is 11.6. The topological polar surface area (TPSA) is 84.3 Å². The lowest BCUT2D eigenvalue weighted by Gasteiger charge is -2.19. The lowest BCUT2D eigenvalue weighted by molar-refractivity contribution is 0.100. The summed E-state index contributed by atoms with van der Waals surface area (Å²) in [6.07, 6.45) is 2.76. The van der Waals surface area contributed by atoms with E-state index in [1.165, 1.54) is 15.4 Å². The number of hydrogen-bond donors (Lipinski definition) is 1. The number of benzene rings is 1. The summed E-state index contributed by atoms with van der Waals surface area (Å²) in [5, 5.41) is 4.14. The fraction of sp³-hybridized carbons (Fsp3) is 0.412. The second-order valence-corrected chi connectivity index (χ2v) is 9.31. The zero-order valence-corrected chi connectivity index (χ0v) is 15.6. The monoisotopic (exact) mass is 362 g/mol. The Morgan fingerprint density at radius 3 is 2.36 bits per heavy atom. The highest BCUT2D eigenvalue weighted by atomic mass is 32.2. The Balaban J connectivity index is 1.76. The third-order valence-corrected chi connectivity index (χ3v) is 5.51. The minimum Gasteiger partial charge on any atom is -0.267 e. The lowest BCUT2D eigenvalue weighted by Crippen LogP contribution is -2.28.